The molecule has 0 N–H and O–H groups in total. The summed E-state index contributed by atoms with van der Waals surface area (Å²) in [6.07, 6.45) is 0. The Kier molecular flexibility index (Phi) is 5.17. The van der Waals surface area contributed by atoms with E-state index in [1.165, 1.54) is 0 Å². The van der Waals surface area contributed by atoms with Gasteiger partial charge in [0.25, 0.3) is 0 Å². The molecule has 2 aromatic rings. The Labute approximate surface area is 124 Å². The Bertz CT molecular complexity index is 621. The monoisotopic (exact) mass is 288 g/mol. The van der Waals surface area contributed by atoms with Gasteiger partial charge in [-0.3, -0.25) is 4.79 Å². The highest BCUT2D eigenvalue weighted by Gasteiger charge is 2.17. The van der Waals surface area contributed by atoms with Gasteiger partial charge in [-0.1, -0.05) is 24.3 Å². The number of methoxy groups -OCH3 is 2. The number of ether oxygens (including phenoxy) is 3. The predicted octanol–water partition coefficient (Wildman–Crippen LogP) is 3.14. The van der Waals surface area contributed by atoms with Gasteiger partial charge in [0.1, 0.15) is 12.4 Å². The third-order valence-electron chi connectivity index (χ3n) is 3.46. The molecule has 2 rings (SSSR count). The maximum Gasteiger partial charge on any atom is 0.313 e. The summed E-state index contributed by atoms with van der Waals surface area (Å²) < 4.78 is 15.2. The van der Waals surface area contributed by atoms with Crippen LogP contribution in [-0.2, 0) is 14.3 Å². The number of rotatable bonds is 6. The van der Waals surface area contributed by atoms with Crippen LogP contribution in [0.4, 0.5) is 0 Å². The second kappa shape index (κ2) is 7.09. The minimum absolute atomic E-state index is 0.236. The van der Waals surface area contributed by atoms with Gasteiger partial charge < -0.3 is 14.2 Å². The zero-order chi connectivity index (χ0) is 15.2. The summed E-state index contributed by atoms with van der Waals surface area (Å²) in [6.45, 7) is 2.54. The van der Waals surface area contributed by atoms with Gasteiger partial charge in [0.2, 0.25) is 0 Å². The quantitative estimate of drug-likeness (QED) is 0.605. The minimum Gasteiger partial charge on any atom is -0.497 e. The maximum atomic E-state index is 12.0. The first-order valence-electron chi connectivity index (χ1n) is 6.89. The lowest BCUT2D eigenvalue weighted by molar-refractivity contribution is -0.146. The van der Waals surface area contributed by atoms with Crippen LogP contribution < -0.4 is 4.74 Å². The van der Waals surface area contributed by atoms with Crippen molar-refractivity contribution in [1.82, 2.24) is 0 Å². The van der Waals surface area contributed by atoms with Gasteiger partial charge in [0, 0.05) is 7.11 Å². The summed E-state index contributed by atoms with van der Waals surface area (Å²) in [7, 11) is 3.22. The van der Waals surface area contributed by atoms with Crippen molar-refractivity contribution in [3.05, 3.63) is 42.0 Å². The van der Waals surface area contributed by atoms with Gasteiger partial charge in [-0.2, -0.15) is 0 Å². The van der Waals surface area contributed by atoms with Gasteiger partial charge >= 0.3 is 5.97 Å². The molecule has 0 fully saturated rings. The molecule has 1 atom stereocenters. The first kappa shape index (κ1) is 15.3. The summed E-state index contributed by atoms with van der Waals surface area (Å²) in [5, 5.41) is 2.16. The molecule has 2 aromatic carbocycles. The van der Waals surface area contributed by atoms with Crippen molar-refractivity contribution in [3.8, 4) is 5.75 Å². The third kappa shape index (κ3) is 3.73. The Morgan fingerprint density at radius 1 is 1.05 bits per heavy atom. The molecule has 0 amide bonds. The molecule has 0 radical (unpaired) electrons. The summed E-state index contributed by atoms with van der Waals surface area (Å²) in [5.74, 6) is 0.288. The molecule has 0 heterocycles. The summed E-state index contributed by atoms with van der Waals surface area (Å²) in [6, 6.07) is 11.8. The van der Waals surface area contributed by atoms with E-state index >= 15 is 0 Å². The Balaban J connectivity index is 2.16. The molecule has 0 aliphatic heterocycles. The first-order valence-corrected chi connectivity index (χ1v) is 6.89. The lowest BCUT2D eigenvalue weighted by Gasteiger charge is -2.12. The number of carbonyl (C=O) groups is 1. The highest BCUT2D eigenvalue weighted by atomic mass is 16.6. The molecular weight excluding hydrogens is 268 g/mol. The lowest BCUT2D eigenvalue weighted by atomic mass is 9.98. The SMILES string of the molecule is COCCOC(=O)[C@H](C)c1ccc2cc(OC)ccc2c1. The summed E-state index contributed by atoms with van der Waals surface area (Å²) in [4.78, 5) is 12.0. The lowest BCUT2D eigenvalue weighted by Crippen LogP contribution is -2.15. The van der Waals surface area contributed by atoms with Crippen LogP contribution in [0.1, 0.15) is 18.4 Å². The molecule has 21 heavy (non-hydrogen) atoms. The van der Waals surface area contributed by atoms with Crippen molar-refractivity contribution >= 4 is 16.7 Å². The number of esters is 1. The largest absolute Gasteiger partial charge is 0.497 e. The van der Waals surface area contributed by atoms with E-state index < -0.39 is 0 Å². The molecular formula is C17H20O4. The highest BCUT2D eigenvalue weighted by molar-refractivity contribution is 5.86. The van der Waals surface area contributed by atoms with Crippen LogP contribution in [0.2, 0.25) is 0 Å². The van der Waals surface area contributed by atoms with E-state index in [2.05, 4.69) is 0 Å². The van der Waals surface area contributed by atoms with E-state index in [0.29, 0.717) is 6.61 Å². The van der Waals surface area contributed by atoms with Crippen molar-refractivity contribution in [3.63, 3.8) is 0 Å². The van der Waals surface area contributed by atoms with Gasteiger partial charge in [-0.25, -0.2) is 0 Å². The van der Waals surface area contributed by atoms with E-state index in [9.17, 15) is 4.79 Å². The normalized spacial score (nSPS) is 12.1. The van der Waals surface area contributed by atoms with Crippen molar-refractivity contribution in [2.75, 3.05) is 27.4 Å². The van der Waals surface area contributed by atoms with Crippen molar-refractivity contribution < 1.29 is 19.0 Å². The third-order valence-corrected chi connectivity index (χ3v) is 3.46. The van der Waals surface area contributed by atoms with E-state index in [4.69, 9.17) is 14.2 Å². The average Bonchev–Trinajstić information content (AvgIpc) is 2.53. The van der Waals surface area contributed by atoms with Gasteiger partial charge in [0.05, 0.1) is 19.6 Å². The molecule has 0 spiro atoms. The fourth-order valence-electron chi connectivity index (χ4n) is 2.13. The fourth-order valence-corrected chi connectivity index (χ4v) is 2.13. The van der Waals surface area contributed by atoms with Crippen LogP contribution in [0.25, 0.3) is 10.8 Å². The van der Waals surface area contributed by atoms with E-state index in [1.807, 2.05) is 43.3 Å². The van der Waals surface area contributed by atoms with Gasteiger partial charge in [-0.15, -0.1) is 0 Å². The standard InChI is InChI=1S/C17H20O4/c1-12(17(18)21-9-8-19-2)13-4-5-15-11-16(20-3)7-6-14(15)10-13/h4-7,10-12H,8-9H2,1-3H3/t12-/m1/s1. The molecule has 0 aliphatic carbocycles. The topological polar surface area (TPSA) is 44.8 Å². The average molecular weight is 288 g/mol. The predicted molar refractivity (Wildman–Crippen MR) is 81.8 cm³/mol. The number of hydrogen-bond donors (Lipinski definition) is 0. The molecule has 0 unspecified atom stereocenters. The van der Waals surface area contributed by atoms with Gasteiger partial charge in [-0.05, 0) is 35.4 Å². The van der Waals surface area contributed by atoms with E-state index in [0.717, 1.165) is 22.1 Å². The van der Waals surface area contributed by atoms with E-state index in [-0.39, 0.29) is 18.5 Å². The number of benzene rings is 2. The van der Waals surface area contributed by atoms with Crippen LogP contribution in [0.15, 0.2) is 36.4 Å². The molecule has 4 heteroatoms. The Morgan fingerprint density at radius 3 is 2.48 bits per heavy atom. The molecule has 0 aliphatic rings. The summed E-state index contributed by atoms with van der Waals surface area (Å²) >= 11 is 0. The number of hydrogen-bond acceptors (Lipinski definition) is 4. The molecule has 0 aromatic heterocycles. The maximum absolute atomic E-state index is 12.0. The van der Waals surface area contributed by atoms with Crippen molar-refractivity contribution in [2.24, 2.45) is 0 Å². The van der Waals surface area contributed by atoms with E-state index in [1.54, 1.807) is 14.2 Å². The van der Waals surface area contributed by atoms with Crippen LogP contribution in [-0.4, -0.2) is 33.4 Å². The second-order valence-corrected chi connectivity index (χ2v) is 4.85. The zero-order valence-electron chi connectivity index (χ0n) is 12.6. The van der Waals surface area contributed by atoms with Crippen LogP contribution in [0.5, 0.6) is 5.75 Å². The number of carbonyl (C=O) groups excluding carboxylic acids is 1. The molecule has 4 nitrogen and oxygen atoms in total. The van der Waals surface area contributed by atoms with Crippen LogP contribution in [0, 0.1) is 0 Å². The van der Waals surface area contributed by atoms with Crippen molar-refractivity contribution in [2.45, 2.75) is 12.8 Å². The Hall–Kier alpha value is -2.07. The highest BCUT2D eigenvalue weighted by Crippen LogP contribution is 2.25. The molecule has 0 saturated heterocycles. The van der Waals surface area contributed by atoms with Crippen LogP contribution in [0.3, 0.4) is 0 Å². The Morgan fingerprint density at radius 2 is 1.76 bits per heavy atom. The zero-order valence-corrected chi connectivity index (χ0v) is 12.6. The molecule has 0 bridgehead atoms. The minimum atomic E-state index is -0.298. The van der Waals surface area contributed by atoms with Crippen LogP contribution >= 0.6 is 0 Å². The first-order chi connectivity index (χ1) is 10.2. The second-order valence-electron chi connectivity index (χ2n) is 4.85. The number of fused-ring (bicyclic) bond motifs is 1. The molecule has 112 valence electrons. The smallest absolute Gasteiger partial charge is 0.313 e. The van der Waals surface area contributed by atoms with Crippen molar-refractivity contribution in [1.29, 1.82) is 0 Å². The van der Waals surface area contributed by atoms with Gasteiger partial charge in [0.15, 0.2) is 0 Å². The fraction of sp³-hybridized carbons (Fsp3) is 0.353. The summed E-state index contributed by atoms with van der Waals surface area (Å²) in [5.41, 5.74) is 0.940. The molecule has 0 saturated carbocycles.